The molecule has 0 spiro atoms. The van der Waals surface area contributed by atoms with Gasteiger partial charge in [0.1, 0.15) is 0 Å². The Hall–Kier alpha value is -5.67. The molecule has 0 radical (unpaired) electrons. The number of hydrogen-bond donors (Lipinski definition) is 0. The molecular weight excluding hydrogens is 595 g/mol. The lowest BCUT2D eigenvalue weighted by Crippen LogP contribution is -2.11. The Balaban J connectivity index is 1.56. The maximum Gasteiger partial charge on any atom is 0.0793 e. The van der Waals surface area contributed by atoms with Gasteiger partial charge < -0.3 is 0 Å². The largest absolute Gasteiger partial charge is 0.265 e. The molecule has 242 valence electrons. The fourth-order valence-corrected chi connectivity index (χ4v) is 6.43. The van der Waals surface area contributed by atoms with Crippen LogP contribution in [0.25, 0.3) is 29.0 Å². The van der Waals surface area contributed by atoms with E-state index in [-0.39, 0.29) is 5.92 Å². The summed E-state index contributed by atoms with van der Waals surface area (Å²) in [7, 11) is 0. The van der Waals surface area contributed by atoms with Crippen LogP contribution in [0.3, 0.4) is 0 Å². The standard InChI is InChI=1S/C46H43N3/c1-4-5-6-9-14-27-43-35(3)40-24-12-10-7-8-11-13-26-42(40)46(49-43)45(39-23-17-15-20-34(39)2)41-25-18-16-21-37(41)33-38-22-19-28-44(48-38)36-29-31-47-32-30-36/h4-8,10,12-23,25-32,34H,1,9,11,24,33H2,2-3H3/b6-5-,8-7-,12-10-,26-13-,27-14-,45-39+. The summed E-state index contributed by atoms with van der Waals surface area (Å²) in [5, 5.41) is 0. The molecule has 3 heterocycles. The fraction of sp³-hybridized carbons (Fsp3) is 0.152. The van der Waals surface area contributed by atoms with E-state index < -0.39 is 0 Å². The molecule has 0 saturated heterocycles. The molecule has 0 saturated carbocycles. The molecule has 0 amide bonds. The zero-order valence-corrected chi connectivity index (χ0v) is 28.5. The normalized spacial score (nSPS) is 18.7. The second-order valence-corrected chi connectivity index (χ2v) is 12.3. The van der Waals surface area contributed by atoms with Crippen molar-refractivity contribution in [2.45, 2.75) is 39.5 Å². The molecular formula is C46H43N3. The summed E-state index contributed by atoms with van der Waals surface area (Å²) in [5.74, 6) is 0.217. The van der Waals surface area contributed by atoms with Crippen LogP contribution in [0.4, 0.5) is 0 Å². The van der Waals surface area contributed by atoms with Gasteiger partial charge in [0.25, 0.3) is 0 Å². The number of hydrogen-bond acceptors (Lipinski definition) is 3. The fourth-order valence-electron chi connectivity index (χ4n) is 6.43. The lowest BCUT2D eigenvalue weighted by atomic mass is 9.81. The molecule has 6 rings (SSSR count). The van der Waals surface area contributed by atoms with Gasteiger partial charge in [0.05, 0.1) is 17.1 Å². The van der Waals surface area contributed by atoms with Crippen LogP contribution in [0.5, 0.6) is 0 Å². The highest BCUT2D eigenvalue weighted by molar-refractivity contribution is 5.89. The number of fused-ring (bicyclic) bond motifs is 1. The first kappa shape index (κ1) is 33.2. The van der Waals surface area contributed by atoms with E-state index in [0.29, 0.717) is 6.42 Å². The first-order valence-corrected chi connectivity index (χ1v) is 17.1. The number of allylic oxidation sites excluding steroid dienone is 14. The maximum absolute atomic E-state index is 5.56. The molecule has 0 aliphatic heterocycles. The Bertz CT molecular complexity index is 2050. The zero-order valence-electron chi connectivity index (χ0n) is 28.5. The van der Waals surface area contributed by atoms with Crippen molar-refractivity contribution in [3.63, 3.8) is 0 Å². The highest BCUT2D eigenvalue weighted by atomic mass is 14.7. The summed E-state index contributed by atoms with van der Waals surface area (Å²) in [6.45, 7) is 8.30. The maximum atomic E-state index is 5.56. The number of aromatic nitrogens is 3. The van der Waals surface area contributed by atoms with Crippen LogP contribution in [-0.2, 0) is 12.8 Å². The van der Waals surface area contributed by atoms with Gasteiger partial charge in [-0.25, -0.2) is 4.98 Å². The van der Waals surface area contributed by atoms with Gasteiger partial charge >= 0.3 is 0 Å². The summed E-state index contributed by atoms with van der Waals surface area (Å²) in [5.41, 5.74) is 13.6. The zero-order chi connectivity index (χ0) is 33.8. The minimum Gasteiger partial charge on any atom is -0.265 e. The van der Waals surface area contributed by atoms with Crippen molar-refractivity contribution in [1.82, 2.24) is 15.0 Å². The van der Waals surface area contributed by atoms with Crippen molar-refractivity contribution in [3.8, 4) is 11.3 Å². The number of benzene rings is 1. The lowest BCUT2D eigenvalue weighted by molar-refractivity contribution is 0.883. The summed E-state index contributed by atoms with van der Waals surface area (Å²) in [4.78, 5) is 14.8. The molecule has 3 aromatic heterocycles. The smallest absolute Gasteiger partial charge is 0.0793 e. The first-order chi connectivity index (χ1) is 24.1. The highest BCUT2D eigenvalue weighted by Crippen LogP contribution is 2.39. The van der Waals surface area contributed by atoms with Crippen molar-refractivity contribution in [2.24, 2.45) is 5.92 Å². The minimum absolute atomic E-state index is 0.217. The third kappa shape index (κ3) is 8.08. The number of pyridine rings is 3. The van der Waals surface area contributed by atoms with Gasteiger partial charge in [0.15, 0.2) is 0 Å². The van der Waals surface area contributed by atoms with Gasteiger partial charge in [-0.3, -0.25) is 9.97 Å². The molecule has 2 aliphatic rings. The number of nitrogens with zero attached hydrogens (tertiary/aromatic N) is 3. The van der Waals surface area contributed by atoms with Crippen molar-refractivity contribution in [2.75, 3.05) is 0 Å². The van der Waals surface area contributed by atoms with Gasteiger partial charge in [-0.05, 0) is 90.3 Å². The summed E-state index contributed by atoms with van der Waals surface area (Å²) in [6, 6.07) is 19.1. The van der Waals surface area contributed by atoms with Crippen LogP contribution in [0.1, 0.15) is 64.7 Å². The van der Waals surface area contributed by atoms with Crippen LogP contribution in [-0.4, -0.2) is 15.0 Å². The van der Waals surface area contributed by atoms with E-state index in [2.05, 4.69) is 147 Å². The Labute approximate surface area is 291 Å². The Morgan fingerprint density at radius 3 is 2.59 bits per heavy atom. The molecule has 0 bridgehead atoms. The van der Waals surface area contributed by atoms with E-state index in [0.717, 1.165) is 47.6 Å². The van der Waals surface area contributed by atoms with E-state index in [1.54, 1.807) is 0 Å². The van der Waals surface area contributed by atoms with E-state index in [9.17, 15) is 0 Å². The van der Waals surface area contributed by atoms with Gasteiger partial charge in [0, 0.05) is 41.2 Å². The summed E-state index contributed by atoms with van der Waals surface area (Å²) < 4.78 is 0. The van der Waals surface area contributed by atoms with Gasteiger partial charge in [-0.2, -0.15) is 0 Å². The predicted molar refractivity (Wildman–Crippen MR) is 208 cm³/mol. The van der Waals surface area contributed by atoms with Crippen LogP contribution in [0.2, 0.25) is 0 Å². The molecule has 0 fully saturated rings. The average molecular weight is 638 g/mol. The SMILES string of the molecule is C=C/C=C\C/C=C\c1nc(/C(=C2\C=CC=CC2C)c2ccccc2Cc2cccc(-c3ccncc3)n2)c2c(c1C)C/C=C\C=C/C/C=C\2. The van der Waals surface area contributed by atoms with Gasteiger partial charge in [-0.1, -0.05) is 129 Å². The quantitative estimate of drug-likeness (QED) is 0.171. The summed E-state index contributed by atoms with van der Waals surface area (Å²) in [6.07, 6.45) is 39.3. The Kier molecular flexibility index (Phi) is 11.1. The molecule has 1 atom stereocenters. The van der Waals surface area contributed by atoms with Crippen molar-refractivity contribution < 1.29 is 0 Å². The second kappa shape index (κ2) is 16.4. The number of rotatable bonds is 9. The highest BCUT2D eigenvalue weighted by Gasteiger charge is 2.24. The van der Waals surface area contributed by atoms with Crippen molar-refractivity contribution in [3.05, 3.63) is 203 Å². The monoisotopic (exact) mass is 637 g/mol. The van der Waals surface area contributed by atoms with Crippen LogP contribution in [0.15, 0.2) is 158 Å². The van der Waals surface area contributed by atoms with Crippen molar-refractivity contribution >= 4 is 17.7 Å². The molecule has 2 aliphatic carbocycles. The molecule has 3 heteroatoms. The topological polar surface area (TPSA) is 38.7 Å². The molecule has 1 unspecified atom stereocenters. The Morgan fingerprint density at radius 2 is 1.73 bits per heavy atom. The van der Waals surface area contributed by atoms with Crippen LogP contribution >= 0.6 is 0 Å². The lowest BCUT2D eigenvalue weighted by Gasteiger charge is -2.24. The molecule has 3 nitrogen and oxygen atoms in total. The second-order valence-electron chi connectivity index (χ2n) is 12.3. The first-order valence-electron chi connectivity index (χ1n) is 17.1. The van der Waals surface area contributed by atoms with E-state index in [1.165, 1.54) is 39.0 Å². The van der Waals surface area contributed by atoms with Gasteiger partial charge in [-0.15, -0.1) is 0 Å². The minimum atomic E-state index is 0.217. The predicted octanol–water partition coefficient (Wildman–Crippen LogP) is 11.2. The molecule has 4 aromatic rings. The van der Waals surface area contributed by atoms with E-state index in [4.69, 9.17) is 9.97 Å². The van der Waals surface area contributed by atoms with E-state index >= 15 is 0 Å². The third-order valence-electron chi connectivity index (χ3n) is 8.98. The average Bonchev–Trinajstić information content (AvgIpc) is 3.13. The molecule has 0 N–H and O–H groups in total. The van der Waals surface area contributed by atoms with Crippen molar-refractivity contribution in [1.29, 1.82) is 0 Å². The molecule has 49 heavy (non-hydrogen) atoms. The molecule has 1 aromatic carbocycles. The summed E-state index contributed by atoms with van der Waals surface area (Å²) >= 11 is 0. The van der Waals surface area contributed by atoms with Crippen LogP contribution < -0.4 is 0 Å². The van der Waals surface area contributed by atoms with Crippen LogP contribution in [0, 0.1) is 12.8 Å². The third-order valence-corrected chi connectivity index (χ3v) is 8.98. The van der Waals surface area contributed by atoms with Gasteiger partial charge in [0.2, 0.25) is 0 Å². The van der Waals surface area contributed by atoms with E-state index in [1.807, 2.05) is 36.7 Å². The Morgan fingerprint density at radius 1 is 0.878 bits per heavy atom.